The van der Waals surface area contributed by atoms with Crippen LogP contribution in [-0.4, -0.2) is 36.5 Å². The van der Waals surface area contributed by atoms with Crippen molar-refractivity contribution in [1.82, 2.24) is 5.32 Å². The van der Waals surface area contributed by atoms with E-state index in [4.69, 9.17) is 9.47 Å². The number of ketones is 2. The smallest absolute Gasteiger partial charge is 0.308 e. The van der Waals surface area contributed by atoms with Crippen LogP contribution in [0.15, 0.2) is 30.3 Å². The number of hydrogen-bond acceptors (Lipinski definition) is 7. The van der Waals surface area contributed by atoms with Gasteiger partial charge in [-0.25, -0.2) is 0 Å². The molecular formula is C20H15NO7. The van der Waals surface area contributed by atoms with Gasteiger partial charge in [0.05, 0.1) is 11.1 Å². The average molecular weight is 381 g/mol. The standard InChI is InChI=1S/C20H15NO7/c1-9(22)27-14-6-4-5-12-16(14)19(25)17-13(18(12)24)7-11(20(26)21-3)8-15(17)28-10(2)23/h4-8H,1-3H3,(H,21,26). The fourth-order valence-electron chi connectivity index (χ4n) is 3.00. The van der Waals surface area contributed by atoms with Gasteiger partial charge in [0.2, 0.25) is 5.78 Å². The minimum absolute atomic E-state index is 0.0269. The van der Waals surface area contributed by atoms with Gasteiger partial charge in [0.1, 0.15) is 11.5 Å². The zero-order chi connectivity index (χ0) is 20.6. The van der Waals surface area contributed by atoms with Gasteiger partial charge < -0.3 is 14.8 Å². The lowest BCUT2D eigenvalue weighted by Crippen LogP contribution is -2.26. The third-order valence-electron chi connectivity index (χ3n) is 4.07. The van der Waals surface area contributed by atoms with E-state index in [0.29, 0.717) is 0 Å². The Balaban J connectivity index is 2.29. The molecule has 8 heteroatoms. The number of benzene rings is 2. The molecule has 0 aliphatic heterocycles. The molecule has 28 heavy (non-hydrogen) atoms. The van der Waals surface area contributed by atoms with Crippen molar-refractivity contribution in [2.24, 2.45) is 0 Å². The van der Waals surface area contributed by atoms with Crippen LogP contribution in [-0.2, 0) is 9.59 Å². The van der Waals surface area contributed by atoms with Gasteiger partial charge >= 0.3 is 11.9 Å². The first-order valence-electron chi connectivity index (χ1n) is 8.24. The molecule has 1 aliphatic rings. The quantitative estimate of drug-likeness (QED) is 0.542. The zero-order valence-corrected chi connectivity index (χ0v) is 15.2. The molecule has 0 unspecified atom stereocenters. The molecule has 0 fully saturated rings. The molecule has 0 bridgehead atoms. The summed E-state index contributed by atoms with van der Waals surface area (Å²) in [6.45, 7) is 2.30. The van der Waals surface area contributed by atoms with Crippen LogP contribution in [0.4, 0.5) is 0 Å². The number of amides is 1. The molecule has 0 saturated heterocycles. The second-order valence-electron chi connectivity index (χ2n) is 6.00. The van der Waals surface area contributed by atoms with Gasteiger partial charge in [-0.3, -0.25) is 24.0 Å². The predicted octanol–water partition coefficient (Wildman–Crippen LogP) is 1.67. The van der Waals surface area contributed by atoms with Crippen LogP contribution >= 0.6 is 0 Å². The van der Waals surface area contributed by atoms with E-state index in [9.17, 15) is 24.0 Å². The van der Waals surface area contributed by atoms with Crippen molar-refractivity contribution in [3.8, 4) is 11.5 Å². The van der Waals surface area contributed by atoms with Crippen LogP contribution in [0.1, 0.15) is 56.0 Å². The maximum absolute atomic E-state index is 13.2. The summed E-state index contributed by atoms with van der Waals surface area (Å²) in [6.07, 6.45) is 0. The third-order valence-corrected chi connectivity index (χ3v) is 4.07. The summed E-state index contributed by atoms with van der Waals surface area (Å²) in [5, 5.41) is 2.41. The molecule has 0 saturated carbocycles. The maximum Gasteiger partial charge on any atom is 0.308 e. The highest BCUT2D eigenvalue weighted by Gasteiger charge is 2.36. The third kappa shape index (κ3) is 3.16. The summed E-state index contributed by atoms with van der Waals surface area (Å²) in [5.74, 6) is -3.40. The predicted molar refractivity (Wildman–Crippen MR) is 95.8 cm³/mol. The second-order valence-corrected chi connectivity index (χ2v) is 6.00. The SMILES string of the molecule is CNC(=O)c1cc(OC(C)=O)c2c(c1)C(=O)c1cccc(OC(C)=O)c1C2=O. The monoisotopic (exact) mass is 381 g/mol. The van der Waals surface area contributed by atoms with E-state index in [0.717, 1.165) is 6.92 Å². The molecule has 142 valence electrons. The van der Waals surface area contributed by atoms with Gasteiger partial charge in [-0.15, -0.1) is 0 Å². The Morgan fingerprint density at radius 1 is 0.821 bits per heavy atom. The number of hydrogen-bond donors (Lipinski definition) is 1. The Kier molecular flexibility index (Phi) is 4.79. The molecule has 0 spiro atoms. The Morgan fingerprint density at radius 2 is 1.43 bits per heavy atom. The number of ether oxygens (including phenoxy) is 2. The lowest BCUT2D eigenvalue weighted by atomic mass is 9.82. The summed E-state index contributed by atoms with van der Waals surface area (Å²) in [6, 6.07) is 6.76. The zero-order valence-electron chi connectivity index (χ0n) is 15.2. The van der Waals surface area contributed by atoms with E-state index in [2.05, 4.69) is 5.32 Å². The highest BCUT2D eigenvalue weighted by atomic mass is 16.5. The minimum Gasteiger partial charge on any atom is -0.426 e. The largest absolute Gasteiger partial charge is 0.426 e. The fraction of sp³-hybridized carbons (Fsp3) is 0.150. The number of nitrogens with one attached hydrogen (secondary N) is 1. The van der Waals surface area contributed by atoms with Crippen LogP contribution in [0.5, 0.6) is 11.5 Å². The molecule has 1 amide bonds. The molecule has 3 rings (SSSR count). The van der Waals surface area contributed by atoms with E-state index in [1.807, 2.05) is 0 Å². The minimum atomic E-state index is -0.726. The lowest BCUT2D eigenvalue weighted by Gasteiger charge is -2.22. The van der Waals surface area contributed by atoms with Gasteiger partial charge in [-0.05, 0) is 18.2 Å². The van der Waals surface area contributed by atoms with Crippen LogP contribution in [0, 0.1) is 0 Å². The fourth-order valence-corrected chi connectivity index (χ4v) is 3.00. The number of carbonyl (C=O) groups excluding carboxylic acids is 5. The van der Waals surface area contributed by atoms with Gasteiger partial charge in [-0.2, -0.15) is 0 Å². The van der Waals surface area contributed by atoms with Crippen molar-refractivity contribution in [2.75, 3.05) is 7.05 Å². The van der Waals surface area contributed by atoms with Crippen LogP contribution in [0.3, 0.4) is 0 Å². The van der Waals surface area contributed by atoms with Crippen LogP contribution in [0.25, 0.3) is 0 Å². The van der Waals surface area contributed by atoms with E-state index < -0.39 is 29.4 Å². The molecule has 1 aliphatic carbocycles. The highest BCUT2D eigenvalue weighted by Crippen LogP contribution is 2.38. The van der Waals surface area contributed by atoms with Gasteiger partial charge in [0.25, 0.3) is 5.91 Å². The molecule has 1 N–H and O–H groups in total. The summed E-state index contributed by atoms with van der Waals surface area (Å²) >= 11 is 0. The molecule has 0 heterocycles. The lowest BCUT2D eigenvalue weighted by molar-refractivity contribution is -0.132. The Bertz CT molecular complexity index is 1070. The number of rotatable bonds is 3. The Labute approximate surface area is 159 Å². The van der Waals surface area contributed by atoms with Crippen LogP contribution in [0.2, 0.25) is 0 Å². The maximum atomic E-state index is 13.2. The summed E-state index contributed by atoms with van der Waals surface area (Å²) in [7, 11) is 1.40. The van der Waals surface area contributed by atoms with Crippen molar-refractivity contribution in [1.29, 1.82) is 0 Å². The molecule has 8 nitrogen and oxygen atoms in total. The van der Waals surface area contributed by atoms with Crippen molar-refractivity contribution in [3.05, 3.63) is 58.1 Å². The summed E-state index contributed by atoms with van der Waals surface area (Å²) in [4.78, 5) is 61.1. The summed E-state index contributed by atoms with van der Waals surface area (Å²) in [5.41, 5.74) is -0.261. The first-order chi connectivity index (χ1) is 13.2. The topological polar surface area (TPSA) is 116 Å². The number of carbonyl (C=O) groups is 5. The van der Waals surface area contributed by atoms with Crippen molar-refractivity contribution in [2.45, 2.75) is 13.8 Å². The van der Waals surface area contributed by atoms with Crippen LogP contribution < -0.4 is 14.8 Å². The second kappa shape index (κ2) is 7.07. The van der Waals surface area contributed by atoms with Crippen molar-refractivity contribution in [3.63, 3.8) is 0 Å². The van der Waals surface area contributed by atoms with E-state index >= 15 is 0 Å². The Hall–Kier alpha value is -3.81. The first kappa shape index (κ1) is 19.0. The molecule has 0 atom stereocenters. The van der Waals surface area contributed by atoms with Gasteiger partial charge in [-0.1, -0.05) is 12.1 Å². The Morgan fingerprint density at radius 3 is 2.04 bits per heavy atom. The molecule has 2 aromatic rings. The number of fused-ring (bicyclic) bond motifs is 2. The molecule has 0 radical (unpaired) electrons. The molecular weight excluding hydrogens is 366 g/mol. The first-order valence-corrected chi connectivity index (χ1v) is 8.24. The van der Waals surface area contributed by atoms with Gasteiger partial charge in [0, 0.05) is 37.6 Å². The van der Waals surface area contributed by atoms with Crippen molar-refractivity contribution < 1.29 is 33.4 Å². The van der Waals surface area contributed by atoms with Crippen molar-refractivity contribution >= 4 is 29.4 Å². The molecule has 2 aromatic carbocycles. The summed E-state index contributed by atoms with van der Waals surface area (Å²) < 4.78 is 10.2. The van der Waals surface area contributed by atoms with E-state index in [-0.39, 0.29) is 39.3 Å². The van der Waals surface area contributed by atoms with E-state index in [1.165, 1.54) is 44.3 Å². The average Bonchev–Trinajstić information content (AvgIpc) is 2.63. The van der Waals surface area contributed by atoms with E-state index in [1.54, 1.807) is 0 Å². The highest BCUT2D eigenvalue weighted by molar-refractivity contribution is 6.30. The molecule has 0 aromatic heterocycles. The normalized spacial score (nSPS) is 12.0. The number of esters is 2. The van der Waals surface area contributed by atoms with Gasteiger partial charge in [0.15, 0.2) is 5.78 Å².